The Kier molecular flexibility index (Phi) is 4.22. The van der Waals surface area contributed by atoms with E-state index in [0.717, 1.165) is 5.56 Å². The van der Waals surface area contributed by atoms with E-state index in [1.807, 2.05) is 6.92 Å². The van der Waals surface area contributed by atoms with Crippen molar-refractivity contribution in [3.63, 3.8) is 0 Å². The Balaban J connectivity index is 2.58. The molecule has 1 unspecified atom stereocenters. The van der Waals surface area contributed by atoms with Crippen LogP contribution in [0, 0.1) is 5.82 Å². The summed E-state index contributed by atoms with van der Waals surface area (Å²) >= 11 is 1.57. The largest absolute Gasteiger partial charge is 0.399 e. The van der Waals surface area contributed by atoms with Crippen LogP contribution in [0.25, 0.3) is 0 Å². The van der Waals surface area contributed by atoms with E-state index in [1.165, 1.54) is 12.1 Å². The number of anilines is 1. The fraction of sp³-hybridized carbons (Fsp3) is 0.400. The summed E-state index contributed by atoms with van der Waals surface area (Å²) in [7, 11) is 0. The zero-order chi connectivity index (χ0) is 10.6. The number of benzene rings is 1. The van der Waals surface area contributed by atoms with Crippen molar-refractivity contribution in [1.29, 1.82) is 0 Å². The number of hydrogen-bond donors (Lipinski definition) is 2. The van der Waals surface area contributed by atoms with E-state index in [2.05, 4.69) is 0 Å². The van der Waals surface area contributed by atoms with Crippen LogP contribution in [0.3, 0.4) is 0 Å². The van der Waals surface area contributed by atoms with Gasteiger partial charge in [-0.25, -0.2) is 4.39 Å². The van der Waals surface area contributed by atoms with Crippen LogP contribution >= 0.6 is 11.8 Å². The molecule has 2 nitrogen and oxygen atoms in total. The maximum absolute atomic E-state index is 12.9. The maximum Gasteiger partial charge on any atom is 0.125 e. The molecular formula is C10H14FNOS. The van der Waals surface area contributed by atoms with Crippen LogP contribution in [0.4, 0.5) is 10.1 Å². The van der Waals surface area contributed by atoms with E-state index in [1.54, 1.807) is 17.8 Å². The molecule has 0 bridgehead atoms. The Morgan fingerprint density at radius 1 is 1.50 bits per heavy atom. The number of nitrogen functional groups attached to an aromatic ring is 1. The van der Waals surface area contributed by atoms with Crippen LogP contribution in [0.1, 0.15) is 12.5 Å². The summed E-state index contributed by atoms with van der Waals surface area (Å²) in [6, 6.07) is 4.51. The highest BCUT2D eigenvalue weighted by atomic mass is 32.2. The summed E-state index contributed by atoms with van der Waals surface area (Å²) in [5.74, 6) is 0.362. The molecule has 0 saturated carbocycles. The monoisotopic (exact) mass is 215 g/mol. The van der Waals surface area contributed by atoms with Crippen molar-refractivity contribution < 1.29 is 9.50 Å². The molecule has 0 radical (unpaired) electrons. The van der Waals surface area contributed by atoms with Gasteiger partial charge in [-0.15, -0.1) is 0 Å². The average Bonchev–Trinajstić information content (AvgIpc) is 2.12. The van der Waals surface area contributed by atoms with Crippen molar-refractivity contribution in [3.8, 4) is 0 Å². The number of halogens is 1. The molecule has 0 aliphatic carbocycles. The number of aliphatic hydroxyl groups is 1. The van der Waals surface area contributed by atoms with Crippen LogP contribution in [0.15, 0.2) is 18.2 Å². The average molecular weight is 215 g/mol. The highest BCUT2D eigenvalue weighted by molar-refractivity contribution is 7.99. The lowest BCUT2D eigenvalue weighted by atomic mass is 10.2. The van der Waals surface area contributed by atoms with Crippen LogP contribution in [0.2, 0.25) is 0 Å². The van der Waals surface area contributed by atoms with E-state index < -0.39 is 0 Å². The lowest BCUT2D eigenvalue weighted by Crippen LogP contribution is -2.02. The number of thioether (sulfide) groups is 1. The minimum atomic E-state index is -0.308. The molecule has 78 valence electrons. The second-order valence-electron chi connectivity index (χ2n) is 3.20. The van der Waals surface area contributed by atoms with Crippen LogP contribution in [-0.4, -0.2) is 17.0 Å². The van der Waals surface area contributed by atoms with Gasteiger partial charge in [0.05, 0.1) is 6.61 Å². The summed E-state index contributed by atoms with van der Waals surface area (Å²) in [4.78, 5) is 0. The van der Waals surface area contributed by atoms with Crippen LogP contribution in [-0.2, 0) is 5.75 Å². The maximum atomic E-state index is 12.9. The molecule has 0 spiro atoms. The van der Waals surface area contributed by atoms with E-state index in [-0.39, 0.29) is 17.7 Å². The summed E-state index contributed by atoms with van der Waals surface area (Å²) in [5.41, 5.74) is 6.80. The molecule has 0 heterocycles. The number of nitrogens with two attached hydrogens (primary N) is 1. The summed E-state index contributed by atoms with van der Waals surface area (Å²) in [6.45, 7) is 2.06. The third kappa shape index (κ3) is 3.55. The second kappa shape index (κ2) is 5.22. The third-order valence-electron chi connectivity index (χ3n) is 1.77. The Hall–Kier alpha value is -0.740. The molecule has 0 fully saturated rings. The van der Waals surface area contributed by atoms with Gasteiger partial charge in [0, 0.05) is 16.7 Å². The Morgan fingerprint density at radius 2 is 2.21 bits per heavy atom. The van der Waals surface area contributed by atoms with E-state index in [4.69, 9.17) is 10.8 Å². The first kappa shape index (κ1) is 11.3. The van der Waals surface area contributed by atoms with E-state index in [0.29, 0.717) is 11.4 Å². The zero-order valence-corrected chi connectivity index (χ0v) is 8.85. The zero-order valence-electron chi connectivity index (χ0n) is 8.03. The predicted octanol–water partition coefficient (Wildman–Crippen LogP) is 2.02. The molecule has 0 aliphatic rings. The quantitative estimate of drug-likeness (QED) is 0.755. The van der Waals surface area contributed by atoms with Crippen molar-refractivity contribution >= 4 is 17.4 Å². The number of aliphatic hydroxyl groups excluding tert-OH is 1. The molecule has 3 N–H and O–H groups in total. The molecule has 0 aliphatic heterocycles. The minimum absolute atomic E-state index is 0.134. The minimum Gasteiger partial charge on any atom is -0.399 e. The molecule has 1 aromatic carbocycles. The van der Waals surface area contributed by atoms with Crippen molar-refractivity contribution in [3.05, 3.63) is 29.6 Å². The SMILES string of the molecule is CC(CO)SCc1cc(N)cc(F)c1. The molecule has 0 saturated heterocycles. The first-order chi connectivity index (χ1) is 6.61. The van der Waals surface area contributed by atoms with Gasteiger partial charge >= 0.3 is 0 Å². The van der Waals surface area contributed by atoms with Gasteiger partial charge in [0.2, 0.25) is 0 Å². The first-order valence-corrected chi connectivity index (χ1v) is 5.44. The van der Waals surface area contributed by atoms with Gasteiger partial charge in [0.1, 0.15) is 5.82 Å². The fourth-order valence-corrected chi connectivity index (χ4v) is 1.80. The lowest BCUT2D eigenvalue weighted by molar-refractivity contribution is 0.300. The van der Waals surface area contributed by atoms with Gasteiger partial charge in [0.15, 0.2) is 0 Å². The van der Waals surface area contributed by atoms with Crippen molar-refractivity contribution in [2.75, 3.05) is 12.3 Å². The Bertz CT molecular complexity index is 286. The highest BCUT2D eigenvalue weighted by Gasteiger charge is 2.03. The Labute approximate surface area is 87.3 Å². The van der Waals surface area contributed by atoms with Gasteiger partial charge < -0.3 is 10.8 Å². The summed E-state index contributed by atoms with van der Waals surface area (Å²) < 4.78 is 12.9. The molecule has 4 heteroatoms. The molecular weight excluding hydrogens is 201 g/mol. The molecule has 1 atom stereocenters. The lowest BCUT2D eigenvalue weighted by Gasteiger charge is -2.07. The molecule has 14 heavy (non-hydrogen) atoms. The third-order valence-corrected chi connectivity index (χ3v) is 2.99. The normalized spacial score (nSPS) is 12.8. The first-order valence-electron chi connectivity index (χ1n) is 4.39. The van der Waals surface area contributed by atoms with Gasteiger partial charge in [-0.1, -0.05) is 6.92 Å². The fourth-order valence-electron chi connectivity index (χ4n) is 1.05. The predicted molar refractivity (Wildman–Crippen MR) is 58.7 cm³/mol. The molecule has 1 rings (SSSR count). The summed E-state index contributed by atoms with van der Waals surface area (Å²) in [6.07, 6.45) is 0. The second-order valence-corrected chi connectivity index (χ2v) is 4.62. The number of rotatable bonds is 4. The van der Waals surface area contributed by atoms with Gasteiger partial charge in [0.25, 0.3) is 0 Å². The molecule has 0 aromatic heterocycles. The van der Waals surface area contributed by atoms with Crippen molar-refractivity contribution in [1.82, 2.24) is 0 Å². The van der Waals surface area contributed by atoms with Gasteiger partial charge in [-0.2, -0.15) is 11.8 Å². The van der Waals surface area contributed by atoms with E-state index >= 15 is 0 Å². The van der Waals surface area contributed by atoms with Gasteiger partial charge in [-0.3, -0.25) is 0 Å². The van der Waals surface area contributed by atoms with E-state index in [9.17, 15) is 4.39 Å². The molecule has 1 aromatic rings. The number of hydrogen-bond acceptors (Lipinski definition) is 3. The van der Waals surface area contributed by atoms with Crippen LogP contribution < -0.4 is 5.73 Å². The van der Waals surface area contributed by atoms with Crippen molar-refractivity contribution in [2.45, 2.75) is 17.9 Å². The summed E-state index contributed by atoms with van der Waals surface area (Å²) in [5, 5.41) is 8.97. The van der Waals surface area contributed by atoms with Crippen LogP contribution in [0.5, 0.6) is 0 Å². The topological polar surface area (TPSA) is 46.2 Å². The standard InChI is InChI=1S/C10H14FNOS/c1-7(5-13)14-6-8-2-9(11)4-10(12)3-8/h2-4,7,13H,5-6,12H2,1H3. The smallest absolute Gasteiger partial charge is 0.125 e. The Morgan fingerprint density at radius 3 is 2.79 bits per heavy atom. The van der Waals surface area contributed by atoms with Crippen molar-refractivity contribution in [2.24, 2.45) is 0 Å². The molecule has 0 amide bonds. The highest BCUT2D eigenvalue weighted by Crippen LogP contribution is 2.19. The van der Waals surface area contributed by atoms with Gasteiger partial charge in [-0.05, 0) is 23.8 Å².